The highest BCUT2D eigenvalue weighted by molar-refractivity contribution is 4.78. The molecule has 1 aliphatic rings. The Morgan fingerprint density at radius 3 is 2.93 bits per heavy atom. The predicted octanol–water partition coefficient (Wildman–Crippen LogP) is 0.916. The summed E-state index contributed by atoms with van der Waals surface area (Å²) in [5.74, 6) is 0.839. The summed E-state index contributed by atoms with van der Waals surface area (Å²) in [6, 6.07) is 0.679. The first kappa shape index (κ1) is 12.9. The topological polar surface area (TPSA) is 27.3 Å². The normalized spacial score (nSPS) is 23.6. The summed E-state index contributed by atoms with van der Waals surface area (Å²) >= 11 is 0. The number of rotatable bonds is 6. The van der Waals surface area contributed by atoms with E-state index in [0.717, 1.165) is 25.6 Å². The van der Waals surface area contributed by atoms with Gasteiger partial charge in [-0.1, -0.05) is 13.8 Å². The summed E-state index contributed by atoms with van der Waals surface area (Å²) in [6.45, 7) is 10.3. The monoisotopic (exact) mass is 213 g/mol. The molecule has 0 amide bonds. The number of hydrogen-bond donors (Lipinski definition) is 2. The molecule has 0 aliphatic carbocycles. The highest BCUT2D eigenvalue weighted by atomic mass is 15.2. The molecule has 0 aromatic carbocycles. The van der Waals surface area contributed by atoms with Gasteiger partial charge < -0.3 is 10.6 Å². The van der Waals surface area contributed by atoms with Crippen molar-refractivity contribution in [2.45, 2.75) is 32.7 Å². The molecular weight excluding hydrogens is 186 g/mol. The zero-order valence-electron chi connectivity index (χ0n) is 10.6. The van der Waals surface area contributed by atoms with Crippen molar-refractivity contribution in [1.29, 1.82) is 0 Å². The Labute approximate surface area is 94.6 Å². The molecule has 1 atom stereocenters. The number of piperazine rings is 1. The van der Waals surface area contributed by atoms with E-state index in [1.807, 2.05) is 0 Å². The molecule has 1 unspecified atom stereocenters. The molecule has 0 spiro atoms. The summed E-state index contributed by atoms with van der Waals surface area (Å²) in [7, 11) is 2.22. The van der Waals surface area contributed by atoms with Crippen LogP contribution in [-0.4, -0.2) is 50.7 Å². The minimum absolute atomic E-state index is 0.679. The van der Waals surface area contributed by atoms with Gasteiger partial charge in [-0.15, -0.1) is 0 Å². The van der Waals surface area contributed by atoms with E-state index in [0.29, 0.717) is 6.04 Å². The van der Waals surface area contributed by atoms with Gasteiger partial charge in [0.25, 0.3) is 0 Å². The highest BCUT2D eigenvalue weighted by Crippen LogP contribution is 2.02. The van der Waals surface area contributed by atoms with Crippen LogP contribution in [0.2, 0.25) is 0 Å². The molecule has 1 heterocycles. The van der Waals surface area contributed by atoms with Crippen molar-refractivity contribution in [2.75, 3.05) is 39.8 Å². The van der Waals surface area contributed by atoms with Gasteiger partial charge in [0.2, 0.25) is 0 Å². The van der Waals surface area contributed by atoms with Crippen molar-refractivity contribution in [3.8, 4) is 0 Å². The fourth-order valence-electron chi connectivity index (χ4n) is 1.99. The molecule has 1 aliphatic heterocycles. The van der Waals surface area contributed by atoms with Gasteiger partial charge in [0, 0.05) is 32.2 Å². The molecule has 0 bridgehead atoms. The average molecular weight is 213 g/mol. The lowest BCUT2D eigenvalue weighted by atomic mass is 10.1. The molecule has 1 saturated heterocycles. The lowest BCUT2D eigenvalue weighted by molar-refractivity contribution is 0.195. The van der Waals surface area contributed by atoms with E-state index in [1.165, 1.54) is 25.9 Å². The van der Waals surface area contributed by atoms with Gasteiger partial charge >= 0.3 is 0 Å². The number of likely N-dealkylation sites (N-methyl/N-ethyl adjacent to an activating group) is 1. The molecule has 1 fully saturated rings. The Hall–Kier alpha value is -0.120. The van der Waals surface area contributed by atoms with Crippen LogP contribution in [0.4, 0.5) is 0 Å². The first-order valence-electron chi connectivity index (χ1n) is 6.32. The standard InChI is InChI=1S/C12H27N3/c1-11(2)5-4-6-13-9-12-10-14-7-8-15(12)3/h11-14H,4-10H2,1-3H3. The fourth-order valence-corrected chi connectivity index (χ4v) is 1.99. The summed E-state index contributed by atoms with van der Waals surface area (Å²) in [4.78, 5) is 2.45. The molecular formula is C12H27N3. The number of hydrogen-bond acceptors (Lipinski definition) is 3. The van der Waals surface area contributed by atoms with E-state index in [4.69, 9.17) is 0 Å². The minimum atomic E-state index is 0.679. The van der Waals surface area contributed by atoms with Crippen molar-refractivity contribution < 1.29 is 0 Å². The smallest absolute Gasteiger partial charge is 0.0342 e. The molecule has 15 heavy (non-hydrogen) atoms. The van der Waals surface area contributed by atoms with E-state index < -0.39 is 0 Å². The summed E-state index contributed by atoms with van der Waals surface area (Å²) in [5.41, 5.74) is 0. The lowest BCUT2D eigenvalue weighted by Crippen LogP contribution is -2.53. The van der Waals surface area contributed by atoms with Gasteiger partial charge in [0.1, 0.15) is 0 Å². The van der Waals surface area contributed by atoms with Crippen LogP contribution < -0.4 is 10.6 Å². The van der Waals surface area contributed by atoms with Crippen LogP contribution in [-0.2, 0) is 0 Å². The SMILES string of the molecule is CC(C)CCCNCC1CNCCN1C. The Kier molecular flexibility index (Phi) is 6.22. The molecule has 2 N–H and O–H groups in total. The van der Waals surface area contributed by atoms with Crippen LogP contribution >= 0.6 is 0 Å². The van der Waals surface area contributed by atoms with Crippen LogP contribution in [0, 0.1) is 5.92 Å². The van der Waals surface area contributed by atoms with E-state index in [-0.39, 0.29) is 0 Å². The summed E-state index contributed by atoms with van der Waals surface area (Å²) in [6.07, 6.45) is 2.65. The summed E-state index contributed by atoms with van der Waals surface area (Å²) < 4.78 is 0. The van der Waals surface area contributed by atoms with Crippen LogP contribution in [0.5, 0.6) is 0 Å². The molecule has 0 radical (unpaired) electrons. The first-order chi connectivity index (χ1) is 7.20. The van der Waals surface area contributed by atoms with E-state index in [9.17, 15) is 0 Å². The Balaban J connectivity index is 1.99. The third-order valence-corrected chi connectivity index (χ3v) is 3.16. The molecule has 0 aromatic heterocycles. The van der Waals surface area contributed by atoms with Crippen molar-refractivity contribution in [1.82, 2.24) is 15.5 Å². The molecule has 3 heteroatoms. The van der Waals surface area contributed by atoms with Gasteiger partial charge in [0.15, 0.2) is 0 Å². The maximum absolute atomic E-state index is 3.56. The number of nitrogens with one attached hydrogen (secondary N) is 2. The highest BCUT2D eigenvalue weighted by Gasteiger charge is 2.17. The zero-order valence-corrected chi connectivity index (χ0v) is 10.6. The Morgan fingerprint density at radius 1 is 1.47 bits per heavy atom. The van der Waals surface area contributed by atoms with Crippen molar-refractivity contribution in [3.63, 3.8) is 0 Å². The summed E-state index contributed by atoms with van der Waals surface area (Å²) in [5, 5.41) is 7.00. The number of nitrogens with zero attached hydrogens (tertiary/aromatic N) is 1. The largest absolute Gasteiger partial charge is 0.315 e. The van der Waals surface area contributed by atoms with Crippen LogP contribution in [0.25, 0.3) is 0 Å². The Morgan fingerprint density at radius 2 is 2.27 bits per heavy atom. The lowest BCUT2D eigenvalue weighted by Gasteiger charge is -2.33. The third-order valence-electron chi connectivity index (χ3n) is 3.16. The predicted molar refractivity (Wildman–Crippen MR) is 66.2 cm³/mol. The Bertz CT molecular complexity index is 159. The molecule has 0 aromatic rings. The molecule has 1 rings (SSSR count). The second-order valence-corrected chi connectivity index (χ2v) is 5.08. The van der Waals surface area contributed by atoms with Gasteiger partial charge in [-0.2, -0.15) is 0 Å². The second-order valence-electron chi connectivity index (χ2n) is 5.08. The van der Waals surface area contributed by atoms with Gasteiger partial charge in [-0.3, -0.25) is 4.90 Å². The van der Waals surface area contributed by atoms with Crippen molar-refractivity contribution in [3.05, 3.63) is 0 Å². The first-order valence-corrected chi connectivity index (χ1v) is 6.32. The fraction of sp³-hybridized carbons (Fsp3) is 1.00. The van der Waals surface area contributed by atoms with Crippen LogP contribution in [0.1, 0.15) is 26.7 Å². The van der Waals surface area contributed by atoms with Crippen LogP contribution in [0.3, 0.4) is 0 Å². The molecule has 90 valence electrons. The minimum Gasteiger partial charge on any atom is -0.315 e. The van der Waals surface area contributed by atoms with Gasteiger partial charge in [-0.25, -0.2) is 0 Å². The van der Waals surface area contributed by atoms with Crippen LogP contribution in [0.15, 0.2) is 0 Å². The maximum Gasteiger partial charge on any atom is 0.0342 e. The van der Waals surface area contributed by atoms with E-state index >= 15 is 0 Å². The third kappa shape index (κ3) is 5.50. The van der Waals surface area contributed by atoms with Gasteiger partial charge in [-0.05, 0) is 32.4 Å². The van der Waals surface area contributed by atoms with Crippen molar-refractivity contribution in [2.24, 2.45) is 5.92 Å². The van der Waals surface area contributed by atoms with Gasteiger partial charge in [0.05, 0.1) is 0 Å². The van der Waals surface area contributed by atoms with E-state index in [1.54, 1.807) is 0 Å². The molecule has 3 nitrogen and oxygen atoms in total. The quantitative estimate of drug-likeness (QED) is 0.642. The zero-order chi connectivity index (χ0) is 11.1. The second kappa shape index (κ2) is 7.20. The van der Waals surface area contributed by atoms with E-state index in [2.05, 4.69) is 36.4 Å². The van der Waals surface area contributed by atoms with Crippen molar-refractivity contribution >= 4 is 0 Å². The average Bonchev–Trinajstić information content (AvgIpc) is 2.20. The molecule has 0 saturated carbocycles. The maximum atomic E-state index is 3.56.